The number of carbonyl (C=O) groups excluding carboxylic acids is 1. The molecule has 1 heterocycles. The van der Waals surface area contributed by atoms with Gasteiger partial charge in [-0.2, -0.15) is 0 Å². The molecule has 0 aliphatic heterocycles. The van der Waals surface area contributed by atoms with E-state index in [9.17, 15) is 18.4 Å². The van der Waals surface area contributed by atoms with E-state index in [0.29, 0.717) is 30.4 Å². The van der Waals surface area contributed by atoms with Gasteiger partial charge in [-0.25, -0.2) is 18.6 Å². The van der Waals surface area contributed by atoms with Crippen LogP contribution in [0, 0.1) is 17.6 Å². The Morgan fingerprint density at radius 2 is 1.87 bits per heavy atom. The summed E-state index contributed by atoms with van der Waals surface area (Å²) >= 11 is 1.16. The number of hydrogen-bond donors (Lipinski definition) is 2. The summed E-state index contributed by atoms with van der Waals surface area (Å²) in [6, 6.07) is 7.44. The van der Waals surface area contributed by atoms with Crippen LogP contribution < -0.4 is 10.1 Å². The molecule has 0 saturated carbocycles. The zero-order valence-corrected chi connectivity index (χ0v) is 23.2. The average Bonchev–Trinajstić information content (AvgIpc) is 3.38. The lowest BCUT2D eigenvalue weighted by atomic mass is 10.0. The average molecular weight is 559 g/mol. The highest BCUT2D eigenvalue weighted by atomic mass is 32.1. The molecule has 0 saturated heterocycles. The van der Waals surface area contributed by atoms with Gasteiger partial charge in [-0.05, 0) is 49.1 Å². The number of amides is 1. The summed E-state index contributed by atoms with van der Waals surface area (Å²) < 4.78 is 40.5. The maximum Gasteiger partial charge on any atom is 0.331 e. The highest BCUT2D eigenvalue weighted by Crippen LogP contribution is 2.35. The topological polar surface area (TPSA) is 97.8 Å². The summed E-state index contributed by atoms with van der Waals surface area (Å²) in [5, 5.41) is 13.5. The summed E-state index contributed by atoms with van der Waals surface area (Å²) in [5.41, 5.74) is 1.25. The number of para-hydroxylation sites is 1. The first kappa shape index (κ1) is 29.9. The Morgan fingerprint density at radius 3 is 2.49 bits per heavy atom. The van der Waals surface area contributed by atoms with Gasteiger partial charge in [0.2, 0.25) is 0 Å². The summed E-state index contributed by atoms with van der Waals surface area (Å²) in [6.45, 7) is 6.82. The van der Waals surface area contributed by atoms with Crippen molar-refractivity contribution in [2.45, 2.75) is 40.0 Å². The van der Waals surface area contributed by atoms with Gasteiger partial charge in [0.05, 0.1) is 19.4 Å². The molecule has 2 N–H and O–H groups in total. The predicted molar refractivity (Wildman–Crippen MR) is 148 cm³/mol. The minimum atomic E-state index is -1.30. The van der Waals surface area contributed by atoms with Crippen molar-refractivity contribution in [3.05, 3.63) is 69.6 Å². The third-order valence-electron chi connectivity index (χ3n) is 6.36. The smallest absolute Gasteiger partial charge is 0.331 e. The zero-order valence-electron chi connectivity index (χ0n) is 22.3. The predicted octanol–water partition coefficient (Wildman–Crippen LogP) is 6.83. The molecular formula is C29H32F2N2O5S. The minimum Gasteiger partial charge on any atom is -0.496 e. The number of aromatic nitrogens is 1. The molecule has 10 heteroatoms. The van der Waals surface area contributed by atoms with Gasteiger partial charge in [-0.3, -0.25) is 10.1 Å². The molecule has 0 aliphatic rings. The Morgan fingerprint density at radius 1 is 1.18 bits per heavy atom. The molecule has 0 atom stereocenters. The van der Waals surface area contributed by atoms with E-state index >= 15 is 0 Å². The number of methoxy groups -OCH3 is 1. The number of thiazole rings is 1. The molecule has 0 unspecified atom stereocenters. The number of carboxylic acids is 1. The molecule has 0 fully saturated rings. The highest BCUT2D eigenvalue weighted by molar-refractivity contribution is 7.14. The Hall–Kier alpha value is -3.63. The van der Waals surface area contributed by atoms with Gasteiger partial charge in [-0.1, -0.05) is 38.8 Å². The van der Waals surface area contributed by atoms with Gasteiger partial charge in [0.15, 0.2) is 5.13 Å². The number of rotatable bonds is 13. The molecule has 1 aromatic heterocycles. The number of carbonyl (C=O) groups is 2. The molecule has 0 spiro atoms. The van der Waals surface area contributed by atoms with Crippen LogP contribution in [-0.2, 0) is 16.0 Å². The first-order valence-electron chi connectivity index (χ1n) is 12.6. The maximum absolute atomic E-state index is 14.5. The third-order valence-corrected chi connectivity index (χ3v) is 7.12. The number of aliphatic carboxylic acids is 1. The first-order valence-corrected chi connectivity index (χ1v) is 13.5. The van der Waals surface area contributed by atoms with Crippen LogP contribution in [0.3, 0.4) is 0 Å². The number of nitrogens with zero attached hydrogens (tertiary/aromatic N) is 1. The van der Waals surface area contributed by atoms with Crippen LogP contribution in [0.1, 0.15) is 55.1 Å². The van der Waals surface area contributed by atoms with Crippen LogP contribution in [0.4, 0.5) is 13.9 Å². The van der Waals surface area contributed by atoms with Crippen molar-refractivity contribution >= 4 is 34.4 Å². The lowest BCUT2D eigenvalue weighted by molar-refractivity contribution is -0.132. The maximum atomic E-state index is 14.5. The lowest BCUT2D eigenvalue weighted by Gasteiger charge is -2.15. The van der Waals surface area contributed by atoms with Gasteiger partial charge in [0.1, 0.15) is 17.4 Å². The monoisotopic (exact) mass is 558 g/mol. The SMILES string of the molecule is CCC(CC)COCCc1cccc(-c2csc(NC(=O)c3cc(F)c(/C=C(\C)C(=O)O)c(F)c3)n2)c1OC. The quantitative estimate of drug-likeness (QED) is 0.176. The van der Waals surface area contributed by atoms with E-state index in [1.165, 1.54) is 6.92 Å². The first-order chi connectivity index (χ1) is 18.7. The van der Waals surface area contributed by atoms with Crippen LogP contribution in [0.15, 0.2) is 41.3 Å². The van der Waals surface area contributed by atoms with Gasteiger partial charge < -0.3 is 14.6 Å². The third kappa shape index (κ3) is 7.70. The number of hydrogen-bond acceptors (Lipinski definition) is 6. The summed E-state index contributed by atoms with van der Waals surface area (Å²) in [4.78, 5) is 28.1. The Bertz CT molecular complexity index is 1330. The van der Waals surface area contributed by atoms with E-state index in [1.807, 2.05) is 18.2 Å². The molecule has 2 aromatic carbocycles. The molecule has 0 radical (unpaired) electrons. The van der Waals surface area contributed by atoms with Crippen molar-refractivity contribution in [1.29, 1.82) is 0 Å². The number of nitrogens with one attached hydrogen (secondary N) is 1. The number of carboxylic acid groups (broad SMARTS) is 1. The van der Waals surface area contributed by atoms with Crippen molar-refractivity contribution < 1.29 is 33.0 Å². The van der Waals surface area contributed by atoms with E-state index in [4.69, 9.17) is 14.6 Å². The standard InChI is InChI=1S/C29H32F2N2O5S/c1-5-18(6-2)15-38-11-10-19-8-7-9-21(26(19)37-4)25-16-39-29(32-25)33-27(34)20-13-23(30)22(24(31)14-20)12-17(3)28(35)36/h7-9,12-14,16,18H,5-6,10-11,15H2,1-4H3,(H,35,36)(H,32,33,34)/b17-12+. The van der Waals surface area contributed by atoms with E-state index in [2.05, 4.69) is 24.1 Å². The normalized spacial score (nSPS) is 11.6. The number of ether oxygens (including phenoxy) is 2. The van der Waals surface area contributed by atoms with Gasteiger partial charge in [0, 0.05) is 34.3 Å². The van der Waals surface area contributed by atoms with Crippen molar-refractivity contribution in [3.63, 3.8) is 0 Å². The number of anilines is 1. The second-order valence-electron chi connectivity index (χ2n) is 8.98. The molecule has 208 valence electrons. The molecule has 7 nitrogen and oxygen atoms in total. The van der Waals surface area contributed by atoms with E-state index in [-0.39, 0.29) is 16.3 Å². The molecule has 1 amide bonds. The zero-order chi connectivity index (χ0) is 28.5. The van der Waals surface area contributed by atoms with E-state index < -0.39 is 29.1 Å². The van der Waals surface area contributed by atoms with Gasteiger partial charge >= 0.3 is 5.97 Å². The van der Waals surface area contributed by atoms with Gasteiger partial charge in [-0.15, -0.1) is 11.3 Å². The molecule has 0 aliphatic carbocycles. The van der Waals surface area contributed by atoms with Crippen LogP contribution in [-0.4, -0.2) is 42.3 Å². The highest BCUT2D eigenvalue weighted by Gasteiger charge is 2.18. The van der Waals surface area contributed by atoms with Crippen LogP contribution in [0.25, 0.3) is 17.3 Å². The minimum absolute atomic E-state index is 0.238. The fourth-order valence-electron chi connectivity index (χ4n) is 3.94. The Balaban J connectivity index is 1.74. The number of benzene rings is 2. The van der Waals surface area contributed by atoms with Crippen LogP contribution >= 0.6 is 11.3 Å². The van der Waals surface area contributed by atoms with Crippen molar-refractivity contribution in [2.24, 2.45) is 5.92 Å². The summed E-state index contributed by atoms with van der Waals surface area (Å²) in [7, 11) is 1.59. The van der Waals surface area contributed by atoms with E-state index in [0.717, 1.165) is 60.1 Å². The Kier molecular flexibility index (Phi) is 10.7. The fourth-order valence-corrected chi connectivity index (χ4v) is 4.64. The molecule has 39 heavy (non-hydrogen) atoms. The molecular weight excluding hydrogens is 526 g/mol. The van der Waals surface area contributed by atoms with Crippen LogP contribution in [0.5, 0.6) is 5.75 Å². The summed E-state index contributed by atoms with van der Waals surface area (Å²) in [5.74, 6) is -2.95. The molecule has 3 rings (SSSR count). The van der Waals surface area contributed by atoms with Crippen molar-refractivity contribution in [3.8, 4) is 17.0 Å². The summed E-state index contributed by atoms with van der Waals surface area (Å²) in [6.07, 6.45) is 3.70. The molecule has 0 bridgehead atoms. The second kappa shape index (κ2) is 14.0. The lowest BCUT2D eigenvalue weighted by Crippen LogP contribution is -2.13. The largest absolute Gasteiger partial charge is 0.496 e. The van der Waals surface area contributed by atoms with Gasteiger partial charge in [0.25, 0.3) is 5.91 Å². The van der Waals surface area contributed by atoms with Crippen LogP contribution in [0.2, 0.25) is 0 Å². The fraction of sp³-hybridized carbons (Fsp3) is 0.345. The Labute approximate surface area is 230 Å². The van der Waals surface area contributed by atoms with E-state index in [1.54, 1.807) is 12.5 Å². The van der Waals surface area contributed by atoms with Crippen molar-refractivity contribution in [1.82, 2.24) is 4.98 Å². The number of halogens is 2. The van der Waals surface area contributed by atoms with Crippen molar-refractivity contribution in [2.75, 3.05) is 25.6 Å². The second-order valence-corrected chi connectivity index (χ2v) is 9.84. The molecule has 3 aromatic rings.